The number of hydrogen-bond donors (Lipinski definition) is 1. The average Bonchev–Trinajstić information content (AvgIpc) is 2.61. The first-order valence-corrected chi connectivity index (χ1v) is 7.65. The van der Waals surface area contributed by atoms with Crippen LogP contribution in [-0.4, -0.2) is 5.11 Å². The van der Waals surface area contributed by atoms with Crippen molar-refractivity contribution in [2.75, 3.05) is 0 Å². The van der Waals surface area contributed by atoms with Gasteiger partial charge >= 0.3 is 0 Å². The van der Waals surface area contributed by atoms with Gasteiger partial charge in [-0.25, -0.2) is 0 Å². The third-order valence-electron chi connectivity index (χ3n) is 2.63. The lowest BCUT2D eigenvalue weighted by Gasteiger charge is -2.10. The van der Waals surface area contributed by atoms with Crippen LogP contribution in [-0.2, 0) is 6.42 Å². The summed E-state index contributed by atoms with van der Waals surface area (Å²) >= 11 is 8.51. The lowest BCUT2D eigenvalue weighted by Crippen LogP contribution is -2.01. The Kier molecular flexibility index (Phi) is 4.42. The Morgan fingerprint density at radius 2 is 1.88 bits per heavy atom. The van der Waals surface area contributed by atoms with Crippen LogP contribution in [0.15, 0.2) is 38.6 Å². The maximum Gasteiger partial charge on any atom is 0.0841 e. The molecule has 1 aromatic heterocycles. The molecule has 4 heteroatoms. The van der Waals surface area contributed by atoms with Crippen molar-refractivity contribution in [1.29, 1.82) is 0 Å². The standard InChI is InChI=1S/C13H12Br2OS/c1-8-11(7-13(15)17-8)12(16)6-9-2-4-10(14)5-3-9/h2-5,7,12,16H,6H2,1H3. The summed E-state index contributed by atoms with van der Waals surface area (Å²) in [7, 11) is 0. The summed E-state index contributed by atoms with van der Waals surface area (Å²) in [5.41, 5.74) is 2.16. The summed E-state index contributed by atoms with van der Waals surface area (Å²) in [5.74, 6) is 0. The first kappa shape index (κ1) is 13.3. The molecule has 0 radical (unpaired) electrons. The Labute approximate surface area is 122 Å². The number of aryl methyl sites for hydroxylation is 1. The second-order valence-electron chi connectivity index (χ2n) is 3.91. The molecule has 2 rings (SSSR count). The largest absolute Gasteiger partial charge is 0.388 e. The zero-order chi connectivity index (χ0) is 12.4. The summed E-state index contributed by atoms with van der Waals surface area (Å²) in [6.07, 6.45) is 0.218. The van der Waals surface area contributed by atoms with Crippen LogP contribution in [0.1, 0.15) is 22.1 Å². The third kappa shape index (κ3) is 3.41. The number of aliphatic hydroxyl groups excluding tert-OH is 1. The van der Waals surface area contributed by atoms with E-state index in [0.29, 0.717) is 6.42 Å². The maximum absolute atomic E-state index is 10.2. The van der Waals surface area contributed by atoms with Crippen molar-refractivity contribution in [3.63, 3.8) is 0 Å². The van der Waals surface area contributed by atoms with E-state index in [1.54, 1.807) is 11.3 Å². The van der Waals surface area contributed by atoms with E-state index in [2.05, 4.69) is 31.9 Å². The van der Waals surface area contributed by atoms with Crippen molar-refractivity contribution in [3.05, 3.63) is 54.6 Å². The smallest absolute Gasteiger partial charge is 0.0841 e. The molecule has 1 unspecified atom stereocenters. The highest BCUT2D eigenvalue weighted by molar-refractivity contribution is 9.11. The van der Waals surface area contributed by atoms with Gasteiger partial charge in [-0.2, -0.15) is 0 Å². The number of benzene rings is 1. The predicted molar refractivity (Wildman–Crippen MR) is 79.6 cm³/mol. The van der Waals surface area contributed by atoms with Crippen molar-refractivity contribution >= 4 is 43.2 Å². The molecule has 90 valence electrons. The van der Waals surface area contributed by atoms with Gasteiger partial charge in [-0.15, -0.1) is 11.3 Å². The number of rotatable bonds is 3. The van der Waals surface area contributed by atoms with Crippen LogP contribution in [0.25, 0.3) is 0 Å². The first-order chi connectivity index (χ1) is 8.06. The minimum absolute atomic E-state index is 0.432. The zero-order valence-electron chi connectivity index (χ0n) is 9.28. The Hall–Kier alpha value is -0.160. The van der Waals surface area contributed by atoms with Gasteiger partial charge in [-0.3, -0.25) is 0 Å². The third-order valence-corrected chi connectivity index (χ3v) is 4.73. The zero-order valence-corrected chi connectivity index (χ0v) is 13.3. The van der Waals surface area contributed by atoms with Gasteiger partial charge in [0.05, 0.1) is 9.89 Å². The van der Waals surface area contributed by atoms with Crippen molar-refractivity contribution in [3.8, 4) is 0 Å². The van der Waals surface area contributed by atoms with Gasteiger partial charge < -0.3 is 5.11 Å². The Morgan fingerprint density at radius 3 is 2.41 bits per heavy atom. The highest BCUT2D eigenvalue weighted by Gasteiger charge is 2.13. The predicted octanol–water partition coefficient (Wildman–Crippen LogP) is 4.86. The van der Waals surface area contributed by atoms with Crippen molar-refractivity contribution < 1.29 is 5.11 Å². The second-order valence-corrected chi connectivity index (χ2v) is 7.46. The molecule has 0 aliphatic carbocycles. The molecule has 0 bridgehead atoms. The van der Waals surface area contributed by atoms with Crippen molar-refractivity contribution in [2.24, 2.45) is 0 Å². The first-order valence-electron chi connectivity index (χ1n) is 5.24. The molecule has 0 aliphatic rings. The molecule has 1 heterocycles. The van der Waals surface area contributed by atoms with Gasteiger partial charge in [-0.05, 0) is 52.2 Å². The monoisotopic (exact) mass is 374 g/mol. The quantitative estimate of drug-likeness (QED) is 0.812. The summed E-state index contributed by atoms with van der Waals surface area (Å²) < 4.78 is 2.13. The molecule has 0 fully saturated rings. The van der Waals surface area contributed by atoms with Crippen LogP contribution in [0.3, 0.4) is 0 Å². The minimum atomic E-state index is -0.432. The van der Waals surface area contributed by atoms with E-state index < -0.39 is 6.10 Å². The van der Waals surface area contributed by atoms with Crippen LogP contribution < -0.4 is 0 Å². The van der Waals surface area contributed by atoms with E-state index in [0.717, 1.165) is 19.4 Å². The fourth-order valence-electron chi connectivity index (χ4n) is 1.74. The summed E-state index contributed by atoms with van der Waals surface area (Å²) in [4.78, 5) is 1.17. The Bertz CT molecular complexity index is 505. The molecular formula is C13H12Br2OS. The van der Waals surface area contributed by atoms with Gasteiger partial charge in [0.2, 0.25) is 0 Å². The van der Waals surface area contributed by atoms with E-state index in [-0.39, 0.29) is 0 Å². The lowest BCUT2D eigenvalue weighted by molar-refractivity contribution is 0.178. The van der Waals surface area contributed by atoms with Crippen LogP contribution in [0.4, 0.5) is 0 Å². The van der Waals surface area contributed by atoms with Gasteiger partial charge in [0, 0.05) is 15.8 Å². The van der Waals surface area contributed by atoms with Gasteiger partial charge in [0.1, 0.15) is 0 Å². The van der Waals surface area contributed by atoms with Crippen LogP contribution >= 0.6 is 43.2 Å². The molecule has 1 atom stereocenters. The van der Waals surface area contributed by atoms with E-state index in [1.165, 1.54) is 4.88 Å². The van der Waals surface area contributed by atoms with E-state index in [1.807, 2.05) is 37.3 Å². The second kappa shape index (κ2) is 5.65. The van der Waals surface area contributed by atoms with Crippen molar-refractivity contribution in [1.82, 2.24) is 0 Å². The fourth-order valence-corrected chi connectivity index (χ4v) is 3.77. The molecule has 1 aromatic carbocycles. The van der Waals surface area contributed by atoms with Crippen molar-refractivity contribution in [2.45, 2.75) is 19.4 Å². The van der Waals surface area contributed by atoms with E-state index >= 15 is 0 Å². The Balaban J connectivity index is 2.14. The SMILES string of the molecule is Cc1sc(Br)cc1C(O)Cc1ccc(Br)cc1. The summed E-state index contributed by atoms with van der Waals surface area (Å²) in [6.45, 7) is 2.04. The lowest BCUT2D eigenvalue weighted by atomic mass is 10.0. The van der Waals surface area contributed by atoms with Gasteiger partial charge in [0.25, 0.3) is 0 Å². The van der Waals surface area contributed by atoms with Gasteiger partial charge in [0.15, 0.2) is 0 Å². The normalized spacial score (nSPS) is 12.7. The topological polar surface area (TPSA) is 20.2 Å². The molecule has 0 saturated heterocycles. The molecule has 1 N–H and O–H groups in total. The maximum atomic E-state index is 10.2. The van der Waals surface area contributed by atoms with Gasteiger partial charge in [-0.1, -0.05) is 28.1 Å². The molecule has 2 aromatic rings. The number of thiophene rings is 1. The summed E-state index contributed by atoms with van der Waals surface area (Å²) in [5, 5.41) is 10.2. The van der Waals surface area contributed by atoms with Crippen LogP contribution in [0.5, 0.6) is 0 Å². The molecule has 1 nitrogen and oxygen atoms in total. The number of aliphatic hydroxyl groups is 1. The average molecular weight is 376 g/mol. The molecule has 0 saturated carbocycles. The van der Waals surface area contributed by atoms with Crippen LogP contribution in [0, 0.1) is 6.92 Å². The van der Waals surface area contributed by atoms with E-state index in [4.69, 9.17) is 0 Å². The molecular weight excluding hydrogens is 364 g/mol. The highest BCUT2D eigenvalue weighted by atomic mass is 79.9. The molecule has 0 aliphatic heterocycles. The molecule has 17 heavy (non-hydrogen) atoms. The number of hydrogen-bond acceptors (Lipinski definition) is 2. The van der Waals surface area contributed by atoms with Crippen LogP contribution in [0.2, 0.25) is 0 Å². The van der Waals surface area contributed by atoms with E-state index in [9.17, 15) is 5.11 Å². The fraction of sp³-hybridized carbons (Fsp3) is 0.231. The number of halogens is 2. The summed E-state index contributed by atoms with van der Waals surface area (Å²) in [6, 6.07) is 10.1. The molecule has 0 spiro atoms. The molecule has 0 amide bonds. The minimum Gasteiger partial charge on any atom is -0.388 e. The Morgan fingerprint density at radius 1 is 1.24 bits per heavy atom. The highest BCUT2D eigenvalue weighted by Crippen LogP contribution is 2.32.